The van der Waals surface area contributed by atoms with Gasteiger partial charge in [-0.3, -0.25) is 9.48 Å². The Bertz CT molecular complexity index is 803. The molecule has 25 heavy (non-hydrogen) atoms. The summed E-state index contributed by atoms with van der Waals surface area (Å²) < 4.78 is 6.77. The van der Waals surface area contributed by atoms with E-state index in [-0.39, 0.29) is 19.1 Å². The molecule has 0 radical (unpaired) electrons. The van der Waals surface area contributed by atoms with E-state index in [0.717, 1.165) is 16.2 Å². The van der Waals surface area contributed by atoms with Crippen LogP contribution >= 0.6 is 0 Å². The van der Waals surface area contributed by atoms with Gasteiger partial charge in [0, 0.05) is 18.3 Å². The zero-order valence-corrected chi connectivity index (χ0v) is 14.7. The summed E-state index contributed by atoms with van der Waals surface area (Å²) in [4.78, 5) is 27.8. The van der Waals surface area contributed by atoms with Crippen LogP contribution in [0.15, 0.2) is 16.9 Å². The van der Waals surface area contributed by atoms with Crippen molar-refractivity contribution < 1.29 is 19.2 Å². The quantitative estimate of drug-likeness (QED) is 0.812. The fraction of sp³-hybridized carbons (Fsp3) is 0.500. The molecule has 1 aliphatic rings. The monoisotopic (exact) mass is 347 g/mol. The molecule has 3 rings (SSSR count). The molecule has 0 aromatic carbocycles. The summed E-state index contributed by atoms with van der Waals surface area (Å²) >= 11 is 0. The van der Waals surface area contributed by atoms with Crippen molar-refractivity contribution in [3.63, 3.8) is 0 Å². The number of nitrogens with zero attached hydrogens (tertiary/aromatic N) is 5. The fourth-order valence-electron chi connectivity index (χ4n) is 2.98. The number of aryl methyl sites for hydroxylation is 2. The van der Waals surface area contributed by atoms with E-state index in [2.05, 4.69) is 10.3 Å². The Morgan fingerprint density at radius 3 is 2.60 bits per heavy atom. The lowest BCUT2D eigenvalue weighted by Crippen LogP contribution is -2.45. The number of aliphatic hydroxyl groups excluding tert-OH is 1. The van der Waals surface area contributed by atoms with Crippen LogP contribution in [0, 0.1) is 13.8 Å². The third kappa shape index (κ3) is 2.70. The van der Waals surface area contributed by atoms with Gasteiger partial charge in [0.05, 0.1) is 30.7 Å². The van der Waals surface area contributed by atoms with E-state index in [9.17, 15) is 9.59 Å². The van der Waals surface area contributed by atoms with Crippen molar-refractivity contribution in [2.45, 2.75) is 39.8 Å². The molecule has 1 saturated heterocycles. The minimum Gasteiger partial charge on any atom is -0.395 e. The van der Waals surface area contributed by atoms with Gasteiger partial charge in [0.15, 0.2) is 0 Å². The van der Waals surface area contributed by atoms with Crippen LogP contribution in [-0.2, 0) is 11.3 Å². The topological polar surface area (TPSA) is 105 Å². The molecule has 0 unspecified atom stereocenters. The maximum Gasteiger partial charge on any atom is 0.332 e. The Labute approximate surface area is 144 Å². The Morgan fingerprint density at radius 2 is 2.00 bits per heavy atom. The Balaban J connectivity index is 1.87. The van der Waals surface area contributed by atoms with Gasteiger partial charge in [-0.05, 0) is 27.7 Å². The van der Waals surface area contributed by atoms with Gasteiger partial charge >= 0.3 is 6.03 Å². The van der Waals surface area contributed by atoms with Crippen LogP contribution in [0.25, 0.3) is 0 Å². The first kappa shape index (κ1) is 17.2. The number of imide groups is 1. The van der Waals surface area contributed by atoms with E-state index in [0.29, 0.717) is 18.0 Å². The molecule has 1 aliphatic heterocycles. The molecule has 0 atom stereocenters. The van der Waals surface area contributed by atoms with Gasteiger partial charge in [-0.15, -0.1) is 0 Å². The number of anilines is 1. The van der Waals surface area contributed by atoms with E-state index in [1.807, 2.05) is 13.8 Å². The molecule has 0 spiro atoms. The first-order valence-corrected chi connectivity index (χ1v) is 7.98. The number of aromatic nitrogens is 3. The maximum atomic E-state index is 12.7. The van der Waals surface area contributed by atoms with Crippen LogP contribution in [-0.4, -0.2) is 55.6 Å². The predicted octanol–water partition coefficient (Wildman–Crippen LogP) is 1.08. The minimum absolute atomic E-state index is 0.0985. The van der Waals surface area contributed by atoms with E-state index >= 15 is 0 Å². The van der Waals surface area contributed by atoms with Crippen LogP contribution in [0.4, 0.5) is 10.5 Å². The van der Waals surface area contributed by atoms with Crippen molar-refractivity contribution in [1.82, 2.24) is 19.8 Å². The molecule has 9 nitrogen and oxygen atoms in total. The summed E-state index contributed by atoms with van der Waals surface area (Å²) in [6, 6.07) is -0.457. The van der Waals surface area contributed by atoms with Crippen molar-refractivity contribution in [1.29, 1.82) is 0 Å². The SMILES string of the molecule is Cc1noc(C)c1Cn1cc(N2C(=O)N(CCO)C(C)(C)C2=O)cn1. The van der Waals surface area contributed by atoms with Gasteiger partial charge in [-0.2, -0.15) is 5.10 Å². The molecule has 9 heteroatoms. The standard InChI is InChI=1S/C16H21N5O4/c1-10-13(11(2)25-18-10)9-19-8-12(7-17-19)21-14(23)16(3,4)20(5-6-22)15(21)24/h7-8,22H,5-6,9H2,1-4H3. The molecule has 0 bridgehead atoms. The van der Waals surface area contributed by atoms with Crippen LogP contribution < -0.4 is 4.90 Å². The molecule has 134 valence electrons. The fourth-order valence-corrected chi connectivity index (χ4v) is 2.98. The normalized spacial score (nSPS) is 17.0. The number of rotatable bonds is 5. The number of hydrogen-bond acceptors (Lipinski definition) is 6. The zero-order chi connectivity index (χ0) is 18.4. The zero-order valence-electron chi connectivity index (χ0n) is 14.7. The summed E-state index contributed by atoms with van der Waals surface area (Å²) in [7, 11) is 0. The molecule has 0 saturated carbocycles. The van der Waals surface area contributed by atoms with E-state index in [4.69, 9.17) is 9.63 Å². The van der Waals surface area contributed by atoms with Crippen molar-refractivity contribution in [3.05, 3.63) is 29.4 Å². The molecule has 0 aliphatic carbocycles. The van der Waals surface area contributed by atoms with Gasteiger partial charge < -0.3 is 14.5 Å². The Hall–Kier alpha value is -2.68. The van der Waals surface area contributed by atoms with E-state index in [1.165, 1.54) is 11.1 Å². The molecule has 1 fully saturated rings. The summed E-state index contributed by atoms with van der Waals surface area (Å²) in [5.74, 6) is 0.362. The summed E-state index contributed by atoms with van der Waals surface area (Å²) in [6.07, 6.45) is 3.12. The Kier molecular flexibility index (Phi) is 4.11. The van der Waals surface area contributed by atoms with Crippen molar-refractivity contribution >= 4 is 17.6 Å². The molecule has 3 amide bonds. The number of hydrogen-bond donors (Lipinski definition) is 1. The number of amides is 3. The molecule has 1 N–H and O–H groups in total. The van der Waals surface area contributed by atoms with Gasteiger partial charge in [0.1, 0.15) is 11.3 Å². The van der Waals surface area contributed by atoms with E-state index < -0.39 is 11.6 Å². The summed E-state index contributed by atoms with van der Waals surface area (Å²) in [5.41, 5.74) is 1.08. The third-order valence-electron chi connectivity index (χ3n) is 4.53. The second-order valence-corrected chi connectivity index (χ2v) is 6.56. The van der Waals surface area contributed by atoms with Crippen LogP contribution in [0.2, 0.25) is 0 Å². The van der Waals surface area contributed by atoms with Crippen LogP contribution in [0.3, 0.4) is 0 Å². The molecular formula is C16H21N5O4. The third-order valence-corrected chi connectivity index (χ3v) is 4.53. The van der Waals surface area contributed by atoms with Gasteiger partial charge in [-0.1, -0.05) is 5.16 Å². The molecule has 3 heterocycles. The van der Waals surface area contributed by atoms with Crippen LogP contribution in [0.1, 0.15) is 30.9 Å². The largest absolute Gasteiger partial charge is 0.395 e. The smallest absolute Gasteiger partial charge is 0.332 e. The average molecular weight is 347 g/mol. The van der Waals surface area contributed by atoms with Crippen molar-refractivity contribution in [2.75, 3.05) is 18.1 Å². The van der Waals surface area contributed by atoms with Crippen molar-refractivity contribution in [3.8, 4) is 0 Å². The first-order chi connectivity index (χ1) is 11.8. The lowest BCUT2D eigenvalue weighted by Gasteiger charge is -2.26. The van der Waals surface area contributed by atoms with Crippen LogP contribution in [0.5, 0.6) is 0 Å². The lowest BCUT2D eigenvalue weighted by molar-refractivity contribution is -0.123. The number of carbonyl (C=O) groups is 2. The second-order valence-electron chi connectivity index (χ2n) is 6.56. The second kappa shape index (κ2) is 5.99. The number of β-amino-alcohol motifs (C(OH)–C–C–N with tert-alkyl or cyclic N) is 1. The lowest BCUT2D eigenvalue weighted by atomic mass is 10.0. The number of aliphatic hydroxyl groups is 1. The molecule has 2 aromatic heterocycles. The summed E-state index contributed by atoms with van der Waals surface area (Å²) in [6.45, 7) is 7.32. The first-order valence-electron chi connectivity index (χ1n) is 7.98. The Morgan fingerprint density at radius 1 is 1.28 bits per heavy atom. The van der Waals surface area contributed by atoms with Gasteiger partial charge in [0.25, 0.3) is 5.91 Å². The highest BCUT2D eigenvalue weighted by Crippen LogP contribution is 2.31. The van der Waals surface area contributed by atoms with Gasteiger partial charge in [-0.25, -0.2) is 9.69 Å². The van der Waals surface area contributed by atoms with Gasteiger partial charge in [0.2, 0.25) is 0 Å². The number of carbonyl (C=O) groups excluding carboxylic acids is 2. The molecular weight excluding hydrogens is 326 g/mol. The number of urea groups is 1. The highest BCUT2D eigenvalue weighted by atomic mass is 16.5. The van der Waals surface area contributed by atoms with Crippen molar-refractivity contribution in [2.24, 2.45) is 0 Å². The summed E-state index contributed by atoms with van der Waals surface area (Å²) in [5, 5.41) is 17.3. The minimum atomic E-state index is -1.01. The predicted molar refractivity (Wildman–Crippen MR) is 88.1 cm³/mol. The highest BCUT2D eigenvalue weighted by Gasteiger charge is 2.51. The maximum absolute atomic E-state index is 12.7. The van der Waals surface area contributed by atoms with E-state index in [1.54, 1.807) is 24.7 Å². The average Bonchev–Trinajstić information content (AvgIpc) is 3.18. The highest BCUT2D eigenvalue weighted by molar-refractivity contribution is 6.22. The molecule has 2 aromatic rings.